The summed E-state index contributed by atoms with van der Waals surface area (Å²) in [6.45, 7) is 4.84. The fourth-order valence-corrected chi connectivity index (χ4v) is 2.44. The van der Waals surface area contributed by atoms with E-state index in [1.807, 2.05) is 18.7 Å². The topological polar surface area (TPSA) is 32.3 Å². The summed E-state index contributed by atoms with van der Waals surface area (Å²) >= 11 is 1.73. The van der Waals surface area contributed by atoms with Crippen LogP contribution >= 0.6 is 11.8 Å². The third kappa shape index (κ3) is 2.57. The molecule has 2 rings (SSSR count). The van der Waals surface area contributed by atoms with E-state index >= 15 is 0 Å². The van der Waals surface area contributed by atoms with E-state index in [9.17, 15) is 4.79 Å². The molecule has 1 atom stereocenters. The second kappa shape index (κ2) is 5.00. The maximum absolute atomic E-state index is 11.7. The van der Waals surface area contributed by atoms with Crippen LogP contribution in [0.5, 0.6) is 0 Å². The van der Waals surface area contributed by atoms with E-state index in [2.05, 4.69) is 35.8 Å². The molecule has 1 aromatic carbocycles. The Bertz CT molecular complexity index is 402. The summed E-state index contributed by atoms with van der Waals surface area (Å²) in [5.41, 5.74) is 1.18. The number of urea groups is 1. The molecule has 1 aliphatic rings. The van der Waals surface area contributed by atoms with Gasteiger partial charge in [-0.25, -0.2) is 4.79 Å². The van der Waals surface area contributed by atoms with Crippen molar-refractivity contribution >= 4 is 17.8 Å². The average molecular weight is 250 g/mol. The van der Waals surface area contributed by atoms with Gasteiger partial charge in [0.05, 0.1) is 6.04 Å². The van der Waals surface area contributed by atoms with Gasteiger partial charge in [0.15, 0.2) is 0 Å². The van der Waals surface area contributed by atoms with Crippen LogP contribution in [0, 0.1) is 0 Å². The van der Waals surface area contributed by atoms with Gasteiger partial charge in [-0.05, 0) is 37.8 Å². The Morgan fingerprint density at radius 3 is 2.47 bits per heavy atom. The summed E-state index contributed by atoms with van der Waals surface area (Å²) in [5.74, 6) is 0. The maximum Gasteiger partial charge on any atom is 0.318 e. The molecule has 1 aromatic rings. The standard InChI is InChI=1S/C13H18N2OS/c1-9(2)15-8-12(14-13(15)16)10-4-6-11(17-3)7-5-10/h4-7,9,12H,8H2,1-3H3,(H,14,16). The van der Waals surface area contributed by atoms with E-state index in [0.29, 0.717) is 0 Å². The van der Waals surface area contributed by atoms with Crippen LogP contribution < -0.4 is 5.32 Å². The van der Waals surface area contributed by atoms with Crippen LogP contribution in [0.3, 0.4) is 0 Å². The van der Waals surface area contributed by atoms with Crippen LogP contribution in [0.1, 0.15) is 25.5 Å². The number of carbonyl (C=O) groups excluding carboxylic acids is 1. The molecule has 0 saturated carbocycles. The molecular formula is C13H18N2OS. The second-order valence-electron chi connectivity index (χ2n) is 4.52. The first-order valence-corrected chi connectivity index (χ1v) is 7.05. The monoisotopic (exact) mass is 250 g/mol. The van der Waals surface area contributed by atoms with Gasteiger partial charge in [0.1, 0.15) is 0 Å². The van der Waals surface area contributed by atoms with Crippen molar-refractivity contribution in [2.45, 2.75) is 30.8 Å². The highest BCUT2D eigenvalue weighted by Crippen LogP contribution is 2.24. The van der Waals surface area contributed by atoms with Gasteiger partial charge in [0.25, 0.3) is 0 Å². The second-order valence-corrected chi connectivity index (χ2v) is 5.40. The lowest BCUT2D eigenvalue weighted by Crippen LogP contribution is -2.33. The quantitative estimate of drug-likeness (QED) is 0.837. The van der Waals surface area contributed by atoms with Gasteiger partial charge in [-0.15, -0.1) is 11.8 Å². The van der Waals surface area contributed by atoms with Gasteiger partial charge in [-0.3, -0.25) is 0 Å². The first-order chi connectivity index (χ1) is 8.11. The van der Waals surface area contributed by atoms with Crippen LogP contribution in [-0.4, -0.2) is 29.8 Å². The lowest BCUT2D eigenvalue weighted by molar-refractivity contribution is 0.206. The molecule has 1 aliphatic heterocycles. The van der Waals surface area contributed by atoms with E-state index in [-0.39, 0.29) is 18.1 Å². The lowest BCUT2D eigenvalue weighted by Gasteiger charge is -2.18. The Labute approximate surface area is 107 Å². The van der Waals surface area contributed by atoms with Crippen molar-refractivity contribution in [2.24, 2.45) is 0 Å². The highest BCUT2D eigenvalue weighted by atomic mass is 32.2. The normalized spacial score (nSPS) is 19.9. The molecule has 1 heterocycles. The molecule has 0 bridgehead atoms. The summed E-state index contributed by atoms with van der Waals surface area (Å²) in [5, 5.41) is 3.02. The molecule has 1 fully saturated rings. The van der Waals surface area contributed by atoms with Gasteiger partial charge in [-0.1, -0.05) is 12.1 Å². The first-order valence-electron chi connectivity index (χ1n) is 5.83. The van der Waals surface area contributed by atoms with Crippen molar-refractivity contribution < 1.29 is 4.79 Å². The Morgan fingerprint density at radius 2 is 2.00 bits per heavy atom. The fourth-order valence-electron chi connectivity index (χ4n) is 2.03. The molecule has 0 spiro atoms. The summed E-state index contributed by atoms with van der Waals surface area (Å²) in [7, 11) is 0. The Hall–Kier alpha value is -1.16. The molecule has 3 nitrogen and oxygen atoms in total. The minimum atomic E-state index is 0.0407. The number of carbonyl (C=O) groups is 1. The Morgan fingerprint density at radius 1 is 1.35 bits per heavy atom. The van der Waals surface area contributed by atoms with Crippen LogP contribution in [0.15, 0.2) is 29.2 Å². The van der Waals surface area contributed by atoms with Gasteiger partial charge < -0.3 is 10.2 Å². The van der Waals surface area contributed by atoms with Gasteiger partial charge in [0.2, 0.25) is 0 Å². The van der Waals surface area contributed by atoms with Gasteiger partial charge in [0, 0.05) is 17.5 Å². The van der Waals surface area contributed by atoms with Crippen molar-refractivity contribution in [2.75, 3.05) is 12.8 Å². The number of nitrogens with zero attached hydrogens (tertiary/aromatic N) is 1. The van der Waals surface area contributed by atoms with E-state index in [1.54, 1.807) is 11.8 Å². The molecule has 1 unspecified atom stereocenters. The third-order valence-corrected chi connectivity index (χ3v) is 3.82. The molecule has 4 heteroatoms. The van der Waals surface area contributed by atoms with Crippen LogP contribution in [0.4, 0.5) is 4.79 Å². The molecule has 0 aromatic heterocycles. The first kappa shape index (κ1) is 12.3. The summed E-state index contributed by atoms with van der Waals surface area (Å²) < 4.78 is 0. The van der Waals surface area contributed by atoms with Crippen LogP contribution in [-0.2, 0) is 0 Å². The third-order valence-electron chi connectivity index (χ3n) is 3.08. The van der Waals surface area contributed by atoms with E-state index < -0.39 is 0 Å². The molecule has 1 N–H and O–H groups in total. The Balaban J connectivity index is 2.11. The highest BCUT2D eigenvalue weighted by molar-refractivity contribution is 7.98. The number of hydrogen-bond donors (Lipinski definition) is 1. The van der Waals surface area contributed by atoms with Crippen molar-refractivity contribution in [3.63, 3.8) is 0 Å². The fraction of sp³-hybridized carbons (Fsp3) is 0.462. The van der Waals surface area contributed by atoms with Gasteiger partial charge >= 0.3 is 6.03 Å². The van der Waals surface area contributed by atoms with Crippen LogP contribution in [0.2, 0.25) is 0 Å². The molecule has 2 amide bonds. The number of rotatable bonds is 3. The average Bonchev–Trinajstić information content (AvgIpc) is 2.71. The SMILES string of the molecule is CSc1ccc(C2CN(C(C)C)C(=O)N2)cc1. The van der Waals surface area contributed by atoms with E-state index in [1.165, 1.54) is 10.5 Å². The largest absolute Gasteiger partial charge is 0.329 e. The number of thioether (sulfide) groups is 1. The zero-order chi connectivity index (χ0) is 12.4. The number of nitrogens with one attached hydrogen (secondary N) is 1. The summed E-state index contributed by atoms with van der Waals surface area (Å²) in [6, 6.07) is 8.82. The zero-order valence-corrected chi connectivity index (χ0v) is 11.3. The van der Waals surface area contributed by atoms with Crippen molar-refractivity contribution in [3.05, 3.63) is 29.8 Å². The van der Waals surface area contributed by atoms with Crippen molar-refractivity contribution in [1.29, 1.82) is 0 Å². The van der Waals surface area contributed by atoms with Crippen molar-refractivity contribution in [3.8, 4) is 0 Å². The molecule has 0 radical (unpaired) electrons. The summed E-state index contributed by atoms with van der Waals surface area (Å²) in [4.78, 5) is 14.9. The van der Waals surface area contributed by atoms with E-state index in [0.717, 1.165) is 6.54 Å². The lowest BCUT2D eigenvalue weighted by atomic mass is 10.1. The summed E-state index contributed by atoms with van der Waals surface area (Å²) in [6.07, 6.45) is 2.06. The molecule has 0 aliphatic carbocycles. The minimum Gasteiger partial charge on any atom is -0.329 e. The predicted molar refractivity (Wildman–Crippen MR) is 71.3 cm³/mol. The molecular weight excluding hydrogens is 232 g/mol. The molecule has 92 valence electrons. The highest BCUT2D eigenvalue weighted by Gasteiger charge is 2.30. The molecule has 1 saturated heterocycles. The van der Waals surface area contributed by atoms with E-state index in [4.69, 9.17) is 0 Å². The molecule has 17 heavy (non-hydrogen) atoms. The number of amides is 2. The number of hydrogen-bond acceptors (Lipinski definition) is 2. The maximum atomic E-state index is 11.7. The van der Waals surface area contributed by atoms with Crippen LogP contribution in [0.25, 0.3) is 0 Å². The van der Waals surface area contributed by atoms with Gasteiger partial charge in [-0.2, -0.15) is 0 Å². The minimum absolute atomic E-state index is 0.0407. The predicted octanol–water partition coefficient (Wildman–Crippen LogP) is 2.88. The number of benzene rings is 1. The Kier molecular flexibility index (Phi) is 3.62. The zero-order valence-electron chi connectivity index (χ0n) is 10.4. The van der Waals surface area contributed by atoms with Crippen molar-refractivity contribution in [1.82, 2.24) is 10.2 Å². The smallest absolute Gasteiger partial charge is 0.318 e.